The van der Waals surface area contributed by atoms with Crippen LogP contribution in [0.4, 0.5) is 5.69 Å². The third-order valence-corrected chi connectivity index (χ3v) is 4.20. The third-order valence-electron chi connectivity index (χ3n) is 3.31. The van der Waals surface area contributed by atoms with Crippen LogP contribution in [-0.2, 0) is 11.2 Å². The lowest BCUT2D eigenvalue weighted by molar-refractivity contribution is -0.117. The van der Waals surface area contributed by atoms with Gasteiger partial charge in [0.2, 0.25) is 5.91 Å². The number of rotatable bonds is 6. The van der Waals surface area contributed by atoms with E-state index in [4.69, 9.17) is 15.2 Å². The van der Waals surface area contributed by atoms with Crippen LogP contribution < -0.4 is 20.5 Å². The largest absolute Gasteiger partial charge is 0.493 e. The number of hydrogen-bond acceptors (Lipinski definition) is 4. The standard InChI is InChI=1S/C17H17IN2O4/c1-23-14-8-12(13(18)9-15(14)24-2)17(22)20-11-5-3-10(4-6-11)7-16(19)21/h3-6,8-9H,7H2,1-2H3,(H2,19,21)(H,20,22). The van der Waals surface area contributed by atoms with Crippen molar-refractivity contribution in [2.24, 2.45) is 5.73 Å². The van der Waals surface area contributed by atoms with E-state index in [-0.39, 0.29) is 12.3 Å². The van der Waals surface area contributed by atoms with Crippen LogP contribution in [0.3, 0.4) is 0 Å². The van der Waals surface area contributed by atoms with Crippen LogP contribution in [0.2, 0.25) is 0 Å². The minimum Gasteiger partial charge on any atom is -0.493 e. The van der Waals surface area contributed by atoms with E-state index in [0.717, 1.165) is 9.13 Å². The molecule has 0 spiro atoms. The van der Waals surface area contributed by atoms with E-state index in [1.54, 1.807) is 43.5 Å². The van der Waals surface area contributed by atoms with Crippen molar-refractivity contribution in [2.75, 3.05) is 19.5 Å². The summed E-state index contributed by atoms with van der Waals surface area (Å²) in [5, 5.41) is 2.81. The second kappa shape index (κ2) is 8.00. The van der Waals surface area contributed by atoms with Crippen LogP contribution in [0.15, 0.2) is 36.4 Å². The summed E-state index contributed by atoms with van der Waals surface area (Å²) in [5.41, 5.74) is 7.05. The molecule has 0 bridgehead atoms. The van der Waals surface area contributed by atoms with Gasteiger partial charge in [-0.3, -0.25) is 9.59 Å². The Balaban J connectivity index is 2.19. The first-order valence-corrected chi connectivity index (χ1v) is 8.12. The molecular weight excluding hydrogens is 423 g/mol. The van der Waals surface area contributed by atoms with E-state index in [9.17, 15) is 9.59 Å². The maximum atomic E-state index is 12.5. The number of carbonyl (C=O) groups excluding carboxylic acids is 2. The van der Waals surface area contributed by atoms with Gasteiger partial charge >= 0.3 is 0 Å². The maximum absolute atomic E-state index is 12.5. The van der Waals surface area contributed by atoms with Crippen molar-refractivity contribution in [3.05, 3.63) is 51.1 Å². The Morgan fingerprint density at radius 1 is 1.08 bits per heavy atom. The molecule has 2 aromatic rings. The predicted molar refractivity (Wildman–Crippen MR) is 99.6 cm³/mol. The van der Waals surface area contributed by atoms with Crippen molar-refractivity contribution < 1.29 is 19.1 Å². The smallest absolute Gasteiger partial charge is 0.256 e. The van der Waals surface area contributed by atoms with Crippen molar-refractivity contribution in [1.29, 1.82) is 0 Å². The molecule has 126 valence electrons. The van der Waals surface area contributed by atoms with Gasteiger partial charge in [-0.1, -0.05) is 12.1 Å². The first kappa shape index (κ1) is 18.1. The summed E-state index contributed by atoms with van der Waals surface area (Å²) < 4.78 is 11.2. The van der Waals surface area contributed by atoms with Gasteiger partial charge < -0.3 is 20.5 Å². The van der Waals surface area contributed by atoms with Crippen LogP contribution >= 0.6 is 22.6 Å². The van der Waals surface area contributed by atoms with Gasteiger partial charge in [0, 0.05) is 9.26 Å². The Morgan fingerprint density at radius 2 is 1.67 bits per heavy atom. The molecule has 2 amide bonds. The number of nitrogens with two attached hydrogens (primary N) is 1. The molecule has 0 fully saturated rings. The lowest BCUT2D eigenvalue weighted by Crippen LogP contribution is -2.15. The molecule has 24 heavy (non-hydrogen) atoms. The van der Waals surface area contributed by atoms with Crippen molar-refractivity contribution in [3.63, 3.8) is 0 Å². The summed E-state index contributed by atoms with van der Waals surface area (Å²) in [7, 11) is 3.06. The fourth-order valence-corrected chi connectivity index (χ4v) is 2.82. The molecule has 0 saturated carbocycles. The Bertz CT molecular complexity index is 760. The maximum Gasteiger partial charge on any atom is 0.256 e. The van der Waals surface area contributed by atoms with Crippen molar-refractivity contribution >= 4 is 40.1 Å². The Labute approximate surface area is 153 Å². The first-order chi connectivity index (χ1) is 11.4. The number of ether oxygens (including phenoxy) is 2. The van der Waals surface area contributed by atoms with Crippen molar-refractivity contribution in [3.8, 4) is 11.5 Å². The lowest BCUT2D eigenvalue weighted by Gasteiger charge is -2.12. The fraction of sp³-hybridized carbons (Fsp3) is 0.176. The number of hydrogen-bond donors (Lipinski definition) is 2. The third kappa shape index (κ3) is 4.38. The van der Waals surface area contributed by atoms with Gasteiger partial charge in [0.05, 0.1) is 26.2 Å². The van der Waals surface area contributed by atoms with Gasteiger partial charge in [-0.05, 0) is 52.4 Å². The zero-order chi connectivity index (χ0) is 17.7. The Morgan fingerprint density at radius 3 is 2.21 bits per heavy atom. The molecule has 2 rings (SSSR count). The van der Waals surface area contributed by atoms with E-state index in [2.05, 4.69) is 27.9 Å². The highest BCUT2D eigenvalue weighted by Crippen LogP contribution is 2.31. The average molecular weight is 440 g/mol. The van der Waals surface area contributed by atoms with Gasteiger partial charge in [0.25, 0.3) is 5.91 Å². The van der Waals surface area contributed by atoms with E-state index in [1.165, 1.54) is 7.11 Å². The van der Waals surface area contributed by atoms with Gasteiger partial charge in [0.1, 0.15) is 0 Å². The Kier molecular flexibility index (Phi) is 6.02. The molecule has 6 nitrogen and oxygen atoms in total. The topological polar surface area (TPSA) is 90.6 Å². The number of amides is 2. The second-order valence-corrected chi connectivity index (χ2v) is 6.14. The molecule has 0 atom stereocenters. The predicted octanol–water partition coefficient (Wildman–Crippen LogP) is 2.59. The molecule has 2 aromatic carbocycles. The summed E-state index contributed by atoms with van der Waals surface area (Å²) in [6, 6.07) is 10.3. The van der Waals surface area contributed by atoms with Crippen molar-refractivity contribution in [1.82, 2.24) is 0 Å². The van der Waals surface area contributed by atoms with Gasteiger partial charge in [-0.2, -0.15) is 0 Å². The number of anilines is 1. The number of primary amides is 1. The molecule has 0 aliphatic carbocycles. The highest BCUT2D eigenvalue weighted by atomic mass is 127. The minimum atomic E-state index is -0.397. The van der Waals surface area contributed by atoms with Crippen LogP contribution in [0.25, 0.3) is 0 Å². The van der Waals surface area contributed by atoms with Crippen LogP contribution in [-0.4, -0.2) is 26.0 Å². The number of nitrogens with one attached hydrogen (secondary N) is 1. The van der Waals surface area contributed by atoms with Gasteiger partial charge in [-0.25, -0.2) is 0 Å². The highest BCUT2D eigenvalue weighted by Gasteiger charge is 2.15. The molecule has 3 N–H and O–H groups in total. The lowest BCUT2D eigenvalue weighted by atomic mass is 10.1. The zero-order valence-electron chi connectivity index (χ0n) is 13.3. The number of methoxy groups -OCH3 is 2. The quantitative estimate of drug-likeness (QED) is 0.676. The molecular formula is C17H17IN2O4. The second-order valence-electron chi connectivity index (χ2n) is 4.98. The molecule has 0 unspecified atom stereocenters. The Hall–Kier alpha value is -2.29. The SMILES string of the molecule is COc1cc(I)c(C(=O)Nc2ccc(CC(N)=O)cc2)cc1OC. The van der Waals surface area contributed by atoms with E-state index in [0.29, 0.717) is 22.7 Å². The normalized spacial score (nSPS) is 10.1. The molecule has 0 aliphatic heterocycles. The molecule has 0 saturated heterocycles. The first-order valence-electron chi connectivity index (χ1n) is 7.04. The van der Waals surface area contributed by atoms with Crippen LogP contribution in [0.5, 0.6) is 11.5 Å². The molecule has 7 heteroatoms. The van der Waals surface area contributed by atoms with E-state index in [1.807, 2.05) is 0 Å². The molecule has 0 heterocycles. The van der Waals surface area contributed by atoms with Crippen molar-refractivity contribution in [2.45, 2.75) is 6.42 Å². The van der Waals surface area contributed by atoms with E-state index >= 15 is 0 Å². The number of halogens is 1. The average Bonchev–Trinajstić information content (AvgIpc) is 2.55. The summed E-state index contributed by atoms with van der Waals surface area (Å²) in [4.78, 5) is 23.4. The van der Waals surface area contributed by atoms with Crippen LogP contribution in [0, 0.1) is 3.57 Å². The fourth-order valence-electron chi connectivity index (χ4n) is 2.13. The summed E-state index contributed by atoms with van der Waals surface area (Å²) in [6.45, 7) is 0. The number of carbonyl (C=O) groups is 2. The van der Waals surface area contributed by atoms with Crippen LogP contribution in [0.1, 0.15) is 15.9 Å². The minimum absolute atomic E-state index is 0.168. The summed E-state index contributed by atoms with van der Waals surface area (Å²) in [6.07, 6.45) is 0.168. The molecule has 0 aliphatic rings. The highest BCUT2D eigenvalue weighted by molar-refractivity contribution is 14.1. The molecule has 0 radical (unpaired) electrons. The van der Waals surface area contributed by atoms with Gasteiger partial charge in [-0.15, -0.1) is 0 Å². The summed E-state index contributed by atoms with van der Waals surface area (Å²) >= 11 is 2.07. The zero-order valence-corrected chi connectivity index (χ0v) is 15.4. The summed E-state index contributed by atoms with van der Waals surface area (Å²) in [5.74, 6) is 0.392. The van der Waals surface area contributed by atoms with Gasteiger partial charge in [0.15, 0.2) is 11.5 Å². The van der Waals surface area contributed by atoms with E-state index < -0.39 is 5.91 Å². The number of benzene rings is 2. The monoisotopic (exact) mass is 440 g/mol. The molecule has 0 aromatic heterocycles.